The van der Waals surface area contributed by atoms with Gasteiger partial charge in [-0.1, -0.05) is 12.1 Å². The first kappa shape index (κ1) is 44.3. The molecule has 7 rings (SSSR count). The van der Waals surface area contributed by atoms with E-state index in [-0.39, 0.29) is 56.1 Å². The molecule has 24 heteroatoms. The first-order valence-electron chi connectivity index (χ1n) is 18.1. The summed E-state index contributed by atoms with van der Waals surface area (Å²) in [6, 6.07) is 19.4. The van der Waals surface area contributed by atoms with E-state index in [0.29, 0.717) is 0 Å². The van der Waals surface area contributed by atoms with Crippen molar-refractivity contribution in [2.45, 2.75) is 0 Å². The van der Waals surface area contributed by atoms with Crippen LogP contribution in [0.25, 0.3) is 12.2 Å². The van der Waals surface area contributed by atoms with Crippen LogP contribution in [0.5, 0.6) is 0 Å². The van der Waals surface area contributed by atoms with Crippen molar-refractivity contribution in [3.8, 4) is 0 Å². The molecule has 2 aliphatic carbocycles. The zero-order chi connectivity index (χ0) is 47.0. The fraction of sp³-hybridized carbons (Fsp3) is 0. The normalized spacial score (nSPS) is 14.7. The Hall–Kier alpha value is -8.71. The lowest BCUT2D eigenvalue weighted by atomic mass is 9.94. The smallest absolute Gasteiger partial charge is 0.335 e. The van der Waals surface area contributed by atoms with E-state index < -0.39 is 93.6 Å². The lowest BCUT2D eigenvalue weighted by Gasteiger charge is -2.17. The molecule has 2 aliphatic rings. The van der Waals surface area contributed by atoms with E-state index >= 15 is 0 Å². The van der Waals surface area contributed by atoms with Crippen molar-refractivity contribution in [1.29, 1.82) is 0 Å². The van der Waals surface area contributed by atoms with Gasteiger partial charge in [-0.05, 0) is 96.1 Å². The number of hydrazone groups is 2. The second-order valence-electron chi connectivity index (χ2n) is 13.7. The van der Waals surface area contributed by atoms with Gasteiger partial charge in [-0.3, -0.25) is 43.9 Å². The third kappa shape index (κ3) is 9.69. The Morgan fingerprint density at radius 1 is 0.523 bits per heavy atom. The molecule has 1 aromatic heterocycles. The minimum Gasteiger partial charge on any atom is -0.478 e. The number of carbonyl (C=O) groups excluding carboxylic acids is 4. The molecule has 4 aromatic carbocycles. The van der Waals surface area contributed by atoms with Crippen molar-refractivity contribution < 1.29 is 64.9 Å². The van der Waals surface area contributed by atoms with E-state index in [1.807, 2.05) is 0 Å². The lowest BCUT2D eigenvalue weighted by molar-refractivity contribution is 0.0686. The van der Waals surface area contributed by atoms with Crippen LogP contribution in [0.15, 0.2) is 122 Å². The molecule has 328 valence electrons. The number of nitrogens with zero attached hydrogens (tertiary/aromatic N) is 2. The molecule has 0 saturated heterocycles. The Balaban J connectivity index is 1.09. The minimum absolute atomic E-state index is 0.0375. The van der Waals surface area contributed by atoms with Gasteiger partial charge in [0.25, 0.3) is 32.1 Å². The molecule has 0 radical (unpaired) electrons. The number of amides is 2. The van der Waals surface area contributed by atoms with Crippen LogP contribution in [0.1, 0.15) is 73.5 Å². The van der Waals surface area contributed by atoms with Crippen LogP contribution < -0.4 is 26.9 Å². The Morgan fingerprint density at radius 2 is 0.923 bits per heavy atom. The Labute approximate surface area is 364 Å². The van der Waals surface area contributed by atoms with Gasteiger partial charge < -0.3 is 25.8 Å². The number of Topliss-reactive ketones (excluding diaryl/α,β-unsaturated/α-hetero) is 2. The van der Waals surface area contributed by atoms with Crippen LogP contribution in [0.4, 0.5) is 22.7 Å². The van der Waals surface area contributed by atoms with Gasteiger partial charge in [0.2, 0.25) is 11.6 Å². The largest absolute Gasteiger partial charge is 0.478 e. The molecular weight excluding hydrogens is 895 g/mol. The number of fused-ring (bicyclic) bond motifs is 2. The van der Waals surface area contributed by atoms with Crippen LogP contribution in [0, 0.1) is 0 Å². The van der Waals surface area contributed by atoms with Crippen LogP contribution in [0.3, 0.4) is 0 Å². The molecule has 9 N–H and O–H groups in total. The van der Waals surface area contributed by atoms with E-state index in [4.69, 9.17) is 0 Å². The zero-order valence-corrected chi connectivity index (χ0v) is 34.0. The predicted molar refractivity (Wildman–Crippen MR) is 232 cm³/mol. The van der Waals surface area contributed by atoms with E-state index in [0.717, 1.165) is 24.3 Å². The Morgan fingerprint density at radius 3 is 1.29 bits per heavy atom. The highest BCUT2D eigenvalue weighted by Crippen LogP contribution is 2.30. The standard InChI is InChI=1S/C41H27N7O15S2/c49-27-17-30(38(52)42-23-7-9-28-21(13-23)15-32(64(58,59)60)34(36(28)50)47-45-25-5-1-3-19(11-25)40(54)55)44-31(18-27)39(53)43-24-8-10-29-22(14-24)16-33(65(61,62)63)35(37(29)51)48-46-26-6-2-4-20(12-26)41(56)57/h1-18,45-46H,(H,42,52)(H,43,53)(H,44,49)(H,54,55)(H,56,57)(H,58,59,60)(H,61,62,63)/b47-34-,48-35-. The van der Waals surface area contributed by atoms with E-state index in [2.05, 4.69) is 36.7 Å². The predicted octanol–water partition coefficient (Wildman–Crippen LogP) is 4.06. The quantitative estimate of drug-likeness (QED) is 0.0629. The third-order valence-corrected chi connectivity index (χ3v) is 11.0. The number of aromatic nitrogens is 1. The molecule has 65 heavy (non-hydrogen) atoms. The number of aromatic carboxylic acids is 2. The Bertz CT molecular complexity index is 3170. The molecule has 22 nitrogen and oxygen atoms in total. The molecule has 0 atom stereocenters. The monoisotopic (exact) mass is 921 g/mol. The number of carboxylic acid groups (broad SMARTS) is 2. The SMILES string of the molecule is O=C(O)c1cccc(N/N=C2\C(=O)c3ccc(NC(=O)c4cc(=O)cc(C(=O)Nc5ccc6c(c5)C=C(S(=O)(=O)O)/C(=N/Nc5cccc(C(=O)O)c5)C6=O)[nH]4)cc3C=C2S(=O)(=O)O)c1. The van der Waals surface area contributed by atoms with Gasteiger partial charge in [-0.25, -0.2) is 9.59 Å². The van der Waals surface area contributed by atoms with Gasteiger partial charge in [0.05, 0.1) is 22.5 Å². The number of carbonyl (C=O) groups is 6. The number of anilines is 4. The number of allylic oxidation sites excluding steroid dienone is 2. The highest BCUT2D eigenvalue weighted by molar-refractivity contribution is 7.91. The fourth-order valence-electron chi connectivity index (χ4n) is 6.31. The molecule has 0 bridgehead atoms. The van der Waals surface area contributed by atoms with Gasteiger partial charge in [0.15, 0.2) is 16.9 Å². The number of H-pyrrole nitrogens is 1. The molecule has 1 heterocycles. The number of nitrogens with one attached hydrogen (secondary N) is 5. The maximum absolute atomic E-state index is 13.4. The Kier molecular flexibility index (Phi) is 11.7. The second kappa shape index (κ2) is 17.2. The average Bonchev–Trinajstić information content (AvgIpc) is 3.24. The summed E-state index contributed by atoms with van der Waals surface area (Å²) in [5.74, 6) is -6.42. The highest BCUT2D eigenvalue weighted by Gasteiger charge is 2.34. The van der Waals surface area contributed by atoms with Crippen LogP contribution in [0.2, 0.25) is 0 Å². The molecule has 2 amide bonds. The van der Waals surface area contributed by atoms with E-state index in [9.17, 15) is 69.7 Å². The minimum atomic E-state index is -5.09. The van der Waals surface area contributed by atoms with Gasteiger partial charge in [-0.2, -0.15) is 27.0 Å². The zero-order valence-electron chi connectivity index (χ0n) is 32.4. The lowest BCUT2D eigenvalue weighted by Crippen LogP contribution is -2.27. The summed E-state index contributed by atoms with van der Waals surface area (Å²) in [6.07, 6.45) is 1.82. The molecular formula is C41H27N7O15S2. The van der Waals surface area contributed by atoms with Crippen molar-refractivity contribution in [3.63, 3.8) is 0 Å². The van der Waals surface area contributed by atoms with Crippen LogP contribution >= 0.6 is 0 Å². The summed E-state index contributed by atoms with van der Waals surface area (Å²) in [4.78, 5) is 89.5. The van der Waals surface area contributed by atoms with Gasteiger partial charge >= 0.3 is 11.9 Å². The summed E-state index contributed by atoms with van der Waals surface area (Å²) in [5, 5.41) is 31.0. The third-order valence-electron chi connectivity index (χ3n) is 9.28. The van der Waals surface area contributed by atoms with Crippen molar-refractivity contribution in [2.24, 2.45) is 10.2 Å². The second-order valence-corrected chi connectivity index (χ2v) is 16.5. The fourth-order valence-corrected chi connectivity index (χ4v) is 7.62. The average molecular weight is 922 g/mol. The summed E-state index contributed by atoms with van der Waals surface area (Å²) >= 11 is 0. The number of benzene rings is 4. The molecule has 0 saturated carbocycles. The van der Waals surface area contributed by atoms with E-state index in [1.165, 1.54) is 84.9 Å². The summed E-state index contributed by atoms with van der Waals surface area (Å²) < 4.78 is 69.4. The number of rotatable bonds is 12. The maximum atomic E-state index is 13.4. The first-order valence-corrected chi connectivity index (χ1v) is 21.0. The molecule has 5 aromatic rings. The van der Waals surface area contributed by atoms with E-state index in [1.54, 1.807) is 0 Å². The summed E-state index contributed by atoms with van der Waals surface area (Å²) in [5.41, 5.74) is 1.09. The number of hydrogen-bond donors (Lipinski definition) is 9. The van der Waals surface area contributed by atoms with Crippen molar-refractivity contribution >= 4 is 102 Å². The van der Waals surface area contributed by atoms with Crippen LogP contribution in [-0.4, -0.2) is 87.9 Å². The number of aromatic amines is 1. The van der Waals surface area contributed by atoms with Crippen LogP contribution in [-0.2, 0) is 20.2 Å². The summed E-state index contributed by atoms with van der Waals surface area (Å²) in [7, 11) is -10.2. The number of ketones is 2. The molecule has 0 aliphatic heterocycles. The molecule has 0 spiro atoms. The number of carboxylic acids is 2. The van der Waals surface area contributed by atoms with Crippen molar-refractivity contribution in [3.05, 3.63) is 162 Å². The van der Waals surface area contributed by atoms with Gasteiger partial charge in [0.1, 0.15) is 21.2 Å². The van der Waals surface area contributed by atoms with Gasteiger partial charge in [0, 0.05) is 34.6 Å². The van der Waals surface area contributed by atoms with Crippen molar-refractivity contribution in [1.82, 2.24) is 4.98 Å². The van der Waals surface area contributed by atoms with Gasteiger partial charge in [-0.15, -0.1) is 0 Å². The maximum Gasteiger partial charge on any atom is 0.335 e. The molecule has 0 fully saturated rings. The highest BCUT2D eigenvalue weighted by atomic mass is 32.2. The van der Waals surface area contributed by atoms with Crippen molar-refractivity contribution in [2.75, 3.05) is 21.5 Å². The molecule has 0 unspecified atom stereocenters. The topological polar surface area (TPSA) is 357 Å². The number of pyridine rings is 1. The first-order chi connectivity index (χ1) is 30.7. The number of hydrogen-bond acceptors (Lipinski definition) is 15. The summed E-state index contributed by atoms with van der Waals surface area (Å²) in [6.45, 7) is 0.